The lowest BCUT2D eigenvalue weighted by Crippen LogP contribution is -2.30. The predicted molar refractivity (Wildman–Crippen MR) is 288 cm³/mol. The molecule has 0 aliphatic carbocycles. The molecule has 0 rings (SSSR count). The molecule has 0 aromatic rings. The van der Waals surface area contributed by atoms with Crippen molar-refractivity contribution in [1.82, 2.24) is 0 Å². The molecule has 0 saturated carbocycles. The van der Waals surface area contributed by atoms with Crippen LogP contribution in [0.4, 0.5) is 0 Å². The molecule has 6 nitrogen and oxygen atoms in total. The van der Waals surface area contributed by atoms with Crippen LogP contribution in [-0.2, 0) is 28.6 Å². The second-order valence-corrected chi connectivity index (χ2v) is 18.5. The highest BCUT2D eigenvalue weighted by Crippen LogP contribution is 2.14. The molecule has 384 valence electrons. The van der Waals surface area contributed by atoms with Crippen molar-refractivity contribution >= 4 is 17.9 Å². The SMILES string of the molecule is CC/C=C\C/C=C\C/C=C\CCCCCCCCCC(=O)OCC(COC(=O)CCCCCCC/C=C\C/C=C\CCCCC)OC(=O)CCCCCCCCC/C=C\C/C=C\CCCCC. The lowest BCUT2D eigenvalue weighted by atomic mass is 10.1. The number of ether oxygens (including phenoxy) is 3. The van der Waals surface area contributed by atoms with Gasteiger partial charge in [-0.3, -0.25) is 14.4 Å². The average molecular weight is 933 g/mol. The van der Waals surface area contributed by atoms with E-state index in [0.29, 0.717) is 19.3 Å². The number of hydrogen-bond acceptors (Lipinski definition) is 6. The Hall–Kier alpha value is -3.41. The molecule has 0 amide bonds. The minimum Gasteiger partial charge on any atom is -0.462 e. The number of rotatable bonds is 50. The fraction of sp³-hybridized carbons (Fsp3) is 0.721. The molecule has 0 N–H and O–H groups in total. The first-order valence-electron chi connectivity index (χ1n) is 28.1. The van der Waals surface area contributed by atoms with Crippen LogP contribution in [0.3, 0.4) is 0 Å². The number of esters is 3. The summed E-state index contributed by atoms with van der Waals surface area (Å²) in [4.78, 5) is 38.1. The van der Waals surface area contributed by atoms with Crippen LogP contribution >= 0.6 is 0 Å². The monoisotopic (exact) mass is 933 g/mol. The molecule has 67 heavy (non-hydrogen) atoms. The Morgan fingerprint density at radius 1 is 0.313 bits per heavy atom. The summed E-state index contributed by atoms with van der Waals surface area (Å²) < 4.78 is 16.8. The van der Waals surface area contributed by atoms with Crippen LogP contribution in [0.1, 0.15) is 265 Å². The van der Waals surface area contributed by atoms with Crippen molar-refractivity contribution in [3.05, 3.63) is 85.1 Å². The van der Waals surface area contributed by atoms with E-state index in [9.17, 15) is 14.4 Å². The van der Waals surface area contributed by atoms with E-state index in [2.05, 4.69) is 106 Å². The van der Waals surface area contributed by atoms with Gasteiger partial charge in [-0.15, -0.1) is 0 Å². The molecule has 1 unspecified atom stereocenters. The smallest absolute Gasteiger partial charge is 0.306 e. The first-order chi connectivity index (χ1) is 33.0. The van der Waals surface area contributed by atoms with Crippen LogP contribution < -0.4 is 0 Å². The average Bonchev–Trinajstić information content (AvgIpc) is 3.33. The Balaban J connectivity index is 4.44. The van der Waals surface area contributed by atoms with Gasteiger partial charge in [0.15, 0.2) is 6.10 Å². The third kappa shape index (κ3) is 53.4. The topological polar surface area (TPSA) is 78.9 Å². The second-order valence-electron chi connectivity index (χ2n) is 18.5. The molecule has 0 fully saturated rings. The molecule has 0 bridgehead atoms. The molecule has 0 spiro atoms. The molecule has 0 aromatic carbocycles. The maximum absolute atomic E-state index is 12.8. The Bertz CT molecular complexity index is 1300. The van der Waals surface area contributed by atoms with E-state index >= 15 is 0 Å². The number of carbonyl (C=O) groups excluding carboxylic acids is 3. The third-order valence-corrected chi connectivity index (χ3v) is 11.9. The summed E-state index contributed by atoms with van der Waals surface area (Å²) in [5, 5.41) is 0. The van der Waals surface area contributed by atoms with E-state index in [0.717, 1.165) is 122 Å². The first-order valence-corrected chi connectivity index (χ1v) is 28.1. The van der Waals surface area contributed by atoms with Gasteiger partial charge in [-0.2, -0.15) is 0 Å². The third-order valence-electron chi connectivity index (χ3n) is 11.9. The zero-order chi connectivity index (χ0) is 48.6. The standard InChI is InChI=1S/C61H104O6/c1-4-7-10-13-16-19-22-25-28-30-33-36-39-42-45-48-51-54-60(63)66-57-58(56-65-59(62)53-50-47-44-41-38-35-32-27-24-21-18-15-12-9-6-3)67-61(64)55-52-49-46-43-40-37-34-31-29-26-23-20-17-14-11-8-5-2/h7,10,16-21,25-29,32,58H,4-6,8-9,11-15,22-24,30-31,33-57H2,1-3H3/b10-7-,19-16-,20-17-,21-18-,28-25-,29-26-,32-27-. The second kappa shape index (κ2) is 55.2. The van der Waals surface area contributed by atoms with Gasteiger partial charge in [-0.1, -0.05) is 215 Å². The van der Waals surface area contributed by atoms with Crippen molar-refractivity contribution in [3.8, 4) is 0 Å². The summed E-state index contributed by atoms with van der Waals surface area (Å²) in [6.07, 6.45) is 71.3. The summed E-state index contributed by atoms with van der Waals surface area (Å²) in [6.45, 7) is 6.46. The highest BCUT2D eigenvalue weighted by molar-refractivity contribution is 5.71. The van der Waals surface area contributed by atoms with Crippen molar-refractivity contribution < 1.29 is 28.6 Å². The molecule has 0 aliphatic rings. The molecular formula is C61H104O6. The molecule has 0 heterocycles. The molecule has 6 heteroatoms. The van der Waals surface area contributed by atoms with Crippen molar-refractivity contribution in [1.29, 1.82) is 0 Å². The van der Waals surface area contributed by atoms with Crippen LogP contribution in [0.25, 0.3) is 0 Å². The van der Waals surface area contributed by atoms with Crippen LogP contribution in [-0.4, -0.2) is 37.2 Å². The predicted octanol–water partition coefficient (Wildman–Crippen LogP) is 18.8. The Morgan fingerprint density at radius 2 is 0.582 bits per heavy atom. The molecule has 1 atom stereocenters. The van der Waals surface area contributed by atoms with Crippen LogP contribution in [0, 0.1) is 0 Å². The van der Waals surface area contributed by atoms with Crippen molar-refractivity contribution in [2.75, 3.05) is 13.2 Å². The van der Waals surface area contributed by atoms with E-state index in [4.69, 9.17) is 14.2 Å². The van der Waals surface area contributed by atoms with Gasteiger partial charge >= 0.3 is 17.9 Å². The van der Waals surface area contributed by atoms with Crippen LogP contribution in [0.5, 0.6) is 0 Å². The highest BCUT2D eigenvalue weighted by Gasteiger charge is 2.19. The first kappa shape index (κ1) is 63.6. The molecule has 0 aliphatic heterocycles. The van der Waals surface area contributed by atoms with E-state index in [1.54, 1.807) is 0 Å². The van der Waals surface area contributed by atoms with Gasteiger partial charge in [0, 0.05) is 19.3 Å². The number of allylic oxidation sites excluding steroid dienone is 14. The lowest BCUT2D eigenvalue weighted by Gasteiger charge is -2.18. The zero-order valence-electron chi connectivity index (χ0n) is 43.9. The summed E-state index contributed by atoms with van der Waals surface area (Å²) in [7, 11) is 0. The number of carbonyl (C=O) groups is 3. The number of unbranched alkanes of at least 4 members (excludes halogenated alkanes) is 25. The Labute approximate surface area is 414 Å². The molecule has 0 aromatic heterocycles. The minimum atomic E-state index is -0.792. The van der Waals surface area contributed by atoms with Gasteiger partial charge in [0.1, 0.15) is 13.2 Å². The Morgan fingerprint density at radius 3 is 0.910 bits per heavy atom. The summed E-state index contributed by atoms with van der Waals surface area (Å²) in [5.41, 5.74) is 0. The van der Waals surface area contributed by atoms with Crippen LogP contribution in [0.15, 0.2) is 85.1 Å². The highest BCUT2D eigenvalue weighted by atomic mass is 16.6. The normalized spacial score (nSPS) is 12.7. The van der Waals surface area contributed by atoms with Crippen molar-refractivity contribution in [2.24, 2.45) is 0 Å². The van der Waals surface area contributed by atoms with E-state index in [1.807, 2.05) is 0 Å². The van der Waals surface area contributed by atoms with Gasteiger partial charge in [0.2, 0.25) is 0 Å². The summed E-state index contributed by atoms with van der Waals surface area (Å²) in [5.74, 6) is -0.916. The quantitative estimate of drug-likeness (QED) is 0.0262. The van der Waals surface area contributed by atoms with E-state index < -0.39 is 6.10 Å². The Kier molecular flexibility index (Phi) is 52.4. The largest absolute Gasteiger partial charge is 0.462 e. The minimum absolute atomic E-state index is 0.0898. The van der Waals surface area contributed by atoms with Gasteiger partial charge in [-0.05, 0) is 116 Å². The van der Waals surface area contributed by atoms with E-state index in [1.165, 1.54) is 103 Å². The summed E-state index contributed by atoms with van der Waals surface area (Å²) >= 11 is 0. The van der Waals surface area contributed by atoms with Crippen molar-refractivity contribution in [3.63, 3.8) is 0 Å². The summed E-state index contributed by atoms with van der Waals surface area (Å²) in [6, 6.07) is 0. The van der Waals surface area contributed by atoms with Gasteiger partial charge in [0.25, 0.3) is 0 Å². The molecule has 0 radical (unpaired) electrons. The van der Waals surface area contributed by atoms with Gasteiger partial charge in [0.05, 0.1) is 0 Å². The maximum atomic E-state index is 12.8. The molecular weight excluding hydrogens is 829 g/mol. The molecule has 0 saturated heterocycles. The van der Waals surface area contributed by atoms with Gasteiger partial charge < -0.3 is 14.2 Å². The van der Waals surface area contributed by atoms with E-state index in [-0.39, 0.29) is 31.1 Å². The fourth-order valence-corrected chi connectivity index (χ4v) is 7.63. The van der Waals surface area contributed by atoms with Crippen molar-refractivity contribution in [2.45, 2.75) is 271 Å². The maximum Gasteiger partial charge on any atom is 0.306 e. The number of hydrogen-bond donors (Lipinski definition) is 0. The lowest BCUT2D eigenvalue weighted by molar-refractivity contribution is -0.167. The van der Waals surface area contributed by atoms with Gasteiger partial charge in [-0.25, -0.2) is 0 Å². The fourth-order valence-electron chi connectivity index (χ4n) is 7.63. The van der Waals surface area contributed by atoms with Crippen LogP contribution in [0.2, 0.25) is 0 Å². The zero-order valence-corrected chi connectivity index (χ0v) is 43.9.